The molecule has 1 rings (SSSR count). The van der Waals surface area contributed by atoms with Crippen molar-refractivity contribution < 1.29 is 9.90 Å². The molecule has 1 fully saturated rings. The van der Waals surface area contributed by atoms with Crippen LogP contribution in [-0.4, -0.2) is 29.7 Å². The zero-order valence-electron chi connectivity index (χ0n) is 8.54. The molecule has 0 spiro atoms. The van der Waals surface area contributed by atoms with E-state index in [9.17, 15) is 4.79 Å². The van der Waals surface area contributed by atoms with Crippen LogP contribution in [0.4, 0.5) is 0 Å². The first-order chi connectivity index (χ1) is 6.74. The van der Waals surface area contributed by atoms with Gasteiger partial charge >= 0.3 is 0 Å². The van der Waals surface area contributed by atoms with E-state index in [1.807, 2.05) is 0 Å². The van der Waals surface area contributed by atoms with E-state index >= 15 is 0 Å². The molecule has 82 valence electrons. The van der Waals surface area contributed by atoms with Crippen LogP contribution < -0.4 is 11.1 Å². The summed E-state index contributed by atoms with van der Waals surface area (Å²) in [6.07, 6.45) is 7.13. The predicted molar refractivity (Wildman–Crippen MR) is 54.7 cm³/mol. The fraction of sp³-hybridized carbons (Fsp3) is 0.900. The molecule has 1 aliphatic rings. The number of hydrogen-bond acceptors (Lipinski definition) is 3. The number of nitrogens with two attached hydrogens (primary N) is 1. The molecule has 0 aromatic heterocycles. The van der Waals surface area contributed by atoms with Crippen molar-refractivity contribution >= 4 is 5.91 Å². The SMILES string of the molecule is NC(=O)C(CO)NC1CCCCCC1. The van der Waals surface area contributed by atoms with Crippen LogP contribution in [0.1, 0.15) is 38.5 Å². The molecule has 0 aromatic rings. The molecule has 1 aliphatic carbocycles. The van der Waals surface area contributed by atoms with Gasteiger partial charge in [-0.15, -0.1) is 0 Å². The first-order valence-corrected chi connectivity index (χ1v) is 5.40. The second kappa shape index (κ2) is 5.98. The molecule has 0 bridgehead atoms. The van der Waals surface area contributed by atoms with Gasteiger partial charge in [0.1, 0.15) is 6.04 Å². The van der Waals surface area contributed by atoms with Gasteiger partial charge in [-0.05, 0) is 12.8 Å². The summed E-state index contributed by atoms with van der Waals surface area (Å²) in [5.74, 6) is -0.461. The number of carbonyl (C=O) groups excluding carboxylic acids is 1. The third-order valence-corrected chi connectivity index (χ3v) is 2.82. The lowest BCUT2D eigenvalue weighted by atomic mass is 10.1. The van der Waals surface area contributed by atoms with Gasteiger partial charge in [0.2, 0.25) is 5.91 Å². The Hall–Kier alpha value is -0.610. The molecule has 0 aromatic carbocycles. The van der Waals surface area contributed by atoms with Gasteiger partial charge in [0.25, 0.3) is 0 Å². The Kier molecular flexibility index (Phi) is 4.90. The Bertz CT molecular complexity index is 177. The van der Waals surface area contributed by atoms with E-state index in [4.69, 9.17) is 10.8 Å². The standard InChI is InChI=1S/C10H20N2O2/c11-10(14)9(7-13)12-8-5-3-1-2-4-6-8/h8-9,12-13H,1-7H2,(H2,11,14). The summed E-state index contributed by atoms with van der Waals surface area (Å²) in [4.78, 5) is 10.9. The molecule has 1 amide bonds. The maximum atomic E-state index is 10.9. The highest BCUT2D eigenvalue weighted by Crippen LogP contribution is 2.17. The maximum Gasteiger partial charge on any atom is 0.236 e. The Balaban J connectivity index is 2.35. The van der Waals surface area contributed by atoms with Crippen LogP contribution in [0.5, 0.6) is 0 Å². The van der Waals surface area contributed by atoms with Gasteiger partial charge in [0.05, 0.1) is 6.61 Å². The van der Waals surface area contributed by atoms with Gasteiger partial charge < -0.3 is 16.2 Å². The average molecular weight is 200 g/mol. The summed E-state index contributed by atoms with van der Waals surface area (Å²) in [6.45, 7) is -0.203. The topological polar surface area (TPSA) is 75.4 Å². The minimum atomic E-state index is -0.571. The minimum Gasteiger partial charge on any atom is -0.394 e. The van der Waals surface area contributed by atoms with Crippen LogP contribution in [0, 0.1) is 0 Å². The molecule has 1 unspecified atom stereocenters. The lowest BCUT2D eigenvalue weighted by Gasteiger charge is -2.21. The largest absolute Gasteiger partial charge is 0.394 e. The molecule has 4 heteroatoms. The number of nitrogens with one attached hydrogen (secondary N) is 1. The Morgan fingerprint density at radius 2 is 1.93 bits per heavy atom. The normalized spacial score (nSPS) is 21.5. The zero-order chi connectivity index (χ0) is 10.4. The van der Waals surface area contributed by atoms with Crippen LogP contribution in [0.3, 0.4) is 0 Å². The predicted octanol–water partition coefficient (Wildman–Crippen LogP) is 0.145. The number of amides is 1. The highest BCUT2D eigenvalue weighted by atomic mass is 16.3. The summed E-state index contributed by atoms with van der Waals surface area (Å²) in [5.41, 5.74) is 5.14. The smallest absolute Gasteiger partial charge is 0.236 e. The number of primary amides is 1. The molecule has 1 atom stereocenters. The van der Waals surface area contributed by atoms with Gasteiger partial charge in [-0.1, -0.05) is 25.7 Å². The van der Waals surface area contributed by atoms with E-state index in [-0.39, 0.29) is 6.61 Å². The molecular weight excluding hydrogens is 180 g/mol. The molecule has 0 saturated heterocycles. The summed E-state index contributed by atoms with van der Waals surface area (Å²) in [5, 5.41) is 12.1. The highest BCUT2D eigenvalue weighted by molar-refractivity contribution is 5.79. The van der Waals surface area contributed by atoms with Crippen molar-refractivity contribution in [2.24, 2.45) is 5.73 Å². The Morgan fingerprint density at radius 3 is 2.36 bits per heavy atom. The summed E-state index contributed by atoms with van der Waals surface area (Å²) < 4.78 is 0. The van der Waals surface area contributed by atoms with Crippen LogP contribution >= 0.6 is 0 Å². The molecule has 14 heavy (non-hydrogen) atoms. The van der Waals surface area contributed by atoms with E-state index in [1.165, 1.54) is 25.7 Å². The Morgan fingerprint density at radius 1 is 1.36 bits per heavy atom. The van der Waals surface area contributed by atoms with Crippen molar-refractivity contribution in [2.45, 2.75) is 50.6 Å². The van der Waals surface area contributed by atoms with Crippen LogP contribution in [-0.2, 0) is 4.79 Å². The van der Waals surface area contributed by atoms with Gasteiger partial charge in [0, 0.05) is 6.04 Å². The van der Waals surface area contributed by atoms with Gasteiger partial charge in [-0.3, -0.25) is 4.79 Å². The first-order valence-electron chi connectivity index (χ1n) is 5.40. The lowest BCUT2D eigenvalue weighted by molar-refractivity contribution is -0.121. The molecule has 4 nitrogen and oxygen atoms in total. The van der Waals surface area contributed by atoms with Gasteiger partial charge in [-0.25, -0.2) is 0 Å². The second-order valence-electron chi connectivity index (χ2n) is 3.99. The number of aliphatic hydroxyl groups excluding tert-OH is 1. The number of hydrogen-bond donors (Lipinski definition) is 3. The molecule has 0 aliphatic heterocycles. The monoisotopic (exact) mass is 200 g/mol. The zero-order valence-corrected chi connectivity index (χ0v) is 8.54. The van der Waals surface area contributed by atoms with Crippen molar-refractivity contribution in [3.8, 4) is 0 Å². The molecular formula is C10H20N2O2. The van der Waals surface area contributed by atoms with Crippen molar-refractivity contribution in [3.63, 3.8) is 0 Å². The maximum absolute atomic E-state index is 10.9. The molecule has 0 radical (unpaired) electrons. The van der Waals surface area contributed by atoms with E-state index < -0.39 is 11.9 Å². The van der Waals surface area contributed by atoms with Crippen molar-refractivity contribution in [1.29, 1.82) is 0 Å². The number of rotatable bonds is 4. The van der Waals surface area contributed by atoms with Gasteiger partial charge in [-0.2, -0.15) is 0 Å². The third kappa shape index (κ3) is 3.64. The second-order valence-corrected chi connectivity index (χ2v) is 3.99. The summed E-state index contributed by atoms with van der Waals surface area (Å²) >= 11 is 0. The van der Waals surface area contributed by atoms with Crippen LogP contribution in [0.2, 0.25) is 0 Å². The molecule has 1 saturated carbocycles. The molecule has 0 heterocycles. The number of carbonyl (C=O) groups is 1. The van der Waals surface area contributed by atoms with E-state index in [1.54, 1.807) is 0 Å². The third-order valence-electron chi connectivity index (χ3n) is 2.82. The summed E-state index contributed by atoms with van der Waals surface area (Å²) in [6, 6.07) is -0.222. The number of aliphatic hydroxyl groups is 1. The highest BCUT2D eigenvalue weighted by Gasteiger charge is 2.19. The fourth-order valence-electron chi connectivity index (χ4n) is 1.96. The van der Waals surface area contributed by atoms with E-state index in [0.29, 0.717) is 6.04 Å². The summed E-state index contributed by atoms with van der Waals surface area (Å²) in [7, 11) is 0. The Labute approximate surface area is 84.9 Å². The average Bonchev–Trinajstić information content (AvgIpc) is 2.41. The van der Waals surface area contributed by atoms with Crippen molar-refractivity contribution in [2.75, 3.05) is 6.61 Å². The van der Waals surface area contributed by atoms with E-state index in [2.05, 4.69) is 5.32 Å². The fourth-order valence-corrected chi connectivity index (χ4v) is 1.96. The van der Waals surface area contributed by atoms with E-state index in [0.717, 1.165) is 12.8 Å². The van der Waals surface area contributed by atoms with Crippen molar-refractivity contribution in [1.82, 2.24) is 5.32 Å². The van der Waals surface area contributed by atoms with Crippen molar-refractivity contribution in [3.05, 3.63) is 0 Å². The van der Waals surface area contributed by atoms with Crippen LogP contribution in [0.15, 0.2) is 0 Å². The molecule has 4 N–H and O–H groups in total. The lowest BCUT2D eigenvalue weighted by Crippen LogP contribution is -2.48. The quantitative estimate of drug-likeness (QED) is 0.565. The first kappa shape index (κ1) is 11.5. The van der Waals surface area contributed by atoms with Gasteiger partial charge in [0.15, 0.2) is 0 Å². The minimum absolute atomic E-state index is 0.203. The van der Waals surface area contributed by atoms with Crippen LogP contribution in [0.25, 0.3) is 0 Å².